The molecule has 0 unspecified atom stereocenters. The molecule has 0 amide bonds. The molecular formula is C57H69N6O4P. The molecule has 0 radical (unpaired) electrons. The minimum Gasteiger partial charge on any atom is -0.369 e. The molecule has 6 heterocycles. The SMILES string of the molecule is CCCCc1c(CCCC)c2cnc3ccccc3n2c1OP(=O)(Oc1c(CCCC)c(CCCC)c2cnc3ccccc3n12)Oc1c(CCCC)c(CCCC)c2cnc3ccccc3n12. The topological polar surface area (TPSA) is 96.7 Å². The maximum absolute atomic E-state index is 17.3. The van der Waals surface area contributed by atoms with E-state index < -0.39 is 7.82 Å². The van der Waals surface area contributed by atoms with E-state index in [4.69, 9.17) is 28.5 Å². The summed E-state index contributed by atoms with van der Waals surface area (Å²) in [4.78, 5) is 14.9. The van der Waals surface area contributed by atoms with Crippen molar-refractivity contribution in [3.05, 3.63) is 125 Å². The summed E-state index contributed by atoms with van der Waals surface area (Å²) in [5, 5.41) is 0. The first-order valence-corrected chi connectivity index (χ1v) is 27.2. The Balaban J connectivity index is 1.38. The second-order valence-electron chi connectivity index (χ2n) is 18.5. The standard InChI is InChI=1S/C57H69N6O4P/c1-7-13-25-40-43(28-16-10-4)55(61-49-34-22-19-31-46(49)58-37-52(40)61)65-68(64,66-56-44(29-17-11-5)41(26-14-8-2)53-38-59-47-32-20-23-35-50(47)62(53)56)67-57-45(30-18-12-6)42(27-15-9-3)54-39-60-48-33-21-24-36-51(48)63(54)57/h19-24,31-39H,7-18,25-30H2,1-6H3. The molecule has 6 aromatic heterocycles. The van der Waals surface area contributed by atoms with Crippen LogP contribution in [0, 0.1) is 0 Å². The highest BCUT2D eigenvalue weighted by Gasteiger charge is 2.41. The van der Waals surface area contributed by atoms with E-state index in [0.717, 1.165) is 182 Å². The van der Waals surface area contributed by atoms with Gasteiger partial charge in [-0.1, -0.05) is 116 Å². The molecule has 0 saturated heterocycles. The molecule has 0 atom stereocenters. The summed E-state index contributed by atoms with van der Waals surface area (Å²) in [7, 11) is -4.77. The number of hydrogen-bond acceptors (Lipinski definition) is 7. The number of nitrogens with zero attached hydrogens (tertiary/aromatic N) is 6. The number of phosphoric acid groups is 1. The molecule has 356 valence electrons. The third kappa shape index (κ3) is 8.97. The van der Waals surface area contributed by atoms with Crippen molar-refractivity contribution in [2.75, 3.05) is 0 Å². The zero-order valence-electron chi connectivity index (χ0n) is 41.2. The van der Waals surface area contributed by atoms with Gasteiger partial charge in [-0.25, -0.2) is 0 Å². The Morgan fingerprint density at radius 1 is 0.368 bits per heavy atom. The lowest BCUT2D eigenvalue weighted by molar-refractivity contribution is 0.282. The molecular weight excluding hydrogens is 864 g/mol. The Bertz CT molecular complexity index is 2910. The number of unbranched alkanes of at least 4 members (excludes halogenated alkanes) is 6. The zero-order valence-corrected chi connectivity index (χ0v) is 42.0. The maximum atomic E-state index is 17.3. The van der Waals surface area contributed by atoms with Gasteiger partial charge in [0.1, 0.15) is 0 Å². The van der Waals surface area contributed by atoms with Gasteiger partial charge in [-0.2, -0.15) is 4.57 Å². The summed E-state index contributed by atoms with van der Waals surface area (Å²) < 4.78 is 46.0. The van der Waals surface area contributed by atoms with Crippen LogP contribution >= 0.6 is 7.82 Å². The number of rotatable bonds is 24. The van der Waals surface area contributed by atoms with Gasteiger partial charge in [0.2, 0.25) is 17.6 Å². The second-order valence-corrected chi connectivity index (χ2v) is 20.0. The van der Waals surface area contributed by atoms with Crippen LogP contribution in [-0.2, 0) is 43.1 Å². The molecule has 0 saturated carbocycles. The van der Waals surface area contributed by atoms with Gasteiger partial charge < -0.3 is 13.6 Å². The second kappa shape index (κ2) is 21.2. The third-order valence-electron chi connectivity index (χ3n) is 13.7. The molecule has 0 spiro atoms. The Morgan fingerprint density at radius 2 is 0.618 bits per heavy atom. The molecule has 0 aliphatic carbocycles. The number of benzene rings is 3. The fourth-order valence-electron chi connectivity index (χ4n) is 10.2. The number of aryl methyl sites for hydroxylation is 3. The Morgan fingerprint density at radius 3 is 0.882 bits per heavy atom. The van der Waals surface area contributed by atoms with E-state index in [0.29, 0.717) is 17.6 Å². The molecule has 68 heavy (non-hydrogen) atoms. The summed E-state index contributed by atoms with van der Waals surface area (Å²) in [6.45, 7) is 13.3. The summed E-state index contributed by atoms with van der Waals surface area (Å²) in [6.07, 6.45) is 22.4. The highest BCUT2D eigenvalue weighted by molar-refractivity contribution is 7.49. The van der Waals surface area contributed by atoms with Crippen LogP contribution in [0.3, 0.4) is 0 Å². The highest BCUT2D eigenvalue weighted by Crippen LogP contribution is 2.55. The minimum atomic E-state index is -4.77. The zero-order chi connectivity index (χ0) is 47.2. The van der Waals surface area contributed by atoms with Crippen LogP contribution < -0.4 is 13.6 Å². The number of para-hydroxylation sites is 6. The Labute approximate surface area is 401 Å². The molecule has 11 heteroatoms. The number of hydrogen-bond donors (Lipinski definition) is 0. The van der Waals surface area contributed by atoms with Crippen molar-refractivity contribution in [2.24, 2.45) is 0 Å². The largest absolute Gasteiger partial charge is 0.650 e. The molecule has 9 rings (SSSR count). The molecule has 9 aromatic rings. The van der Waals surface area contributed by atoms with Crippen LogP contribution in [0.1, 0.15) is 152 Å². The molecule has 10 nitrogen and oxygen atoms in total. The van der Waals surface area contributed by atoms with Crippen molar-refractivity contribution in [2.45, 2.75) is 157 Å². The summed E-state index contributed by atoms with van der Waals surface area (Å²) in [5.74, 6) is 1.47. The van der Waals surface area contributed by atoms with Gasteiger partial charge in [-0.05, 0) is 130 Å². The molecule has 0 N–H and O–H groups in total. The van der Waals surface area contributed by atoms with Gasteiger partial charge >= 0.3 is 7.82 Å². The van der Waals surface area contributed by atoms with E-state index >= 15 is 4.57 Å². The molecule has 3 aromatic carbocycles. The summed E-state index contributed by atoms with van der Waals surface area (Å²) in [6, 6.07) is 24.4. The van der Waals surface area contributed by atoms with E-state index in [1.165, 1.54) is 16.7 Å². The molecule has 0 aliphatic heterocycles. The normalized spacial score (nSPS) is 12.2. The fourth-order valence-corrected chi connectivity index (χ4v) is 11.5. The molecule has 0 fully saturated rings. The van der Waals surface area contributed by atoms with Crippen molar-refractivity contribution in [1.29, 1.82) is 0 Å². The molecule has 0 bridgehead atoms. The number of fused-ring (bicyclic) bond motifs is 9. The number of phosphoric ester groups is 1. The average Bonchev–Trinajstić information content (AvgIpc) is 3.95. The van der Waals surface area contributed by atoms with Gasteiger partial charge in [-0.3, -0.25) is 28.2 Å². The van der Waals surface area contributed by atoms with Crippen LogP contribution in [0.2, 0.25) is 0 Å². The highest BCUT2D eigenvalue weighted by atomic mass is 31.2. The van der Waals surface area contributed by atoms with E-state index in [2.05, 4.69) is 72.9 Å². The van der Waals surface area contributed by atoms with Crippen molar-refractivity contribution in [3.8, 4) is 17.6 Å². The Hall–Kier alpha value is -5.86. The van der Waals surface area contributed by atoms with Gasteiger partial charge in [0.25, 0.3) is 0 Å². The predicted molar refractivity (Wildman–Crippen MR) is 279 cm³/mol. The predicted octanol–water partition coefficient (Wildman–Crippen LogP) is 15.8. The van der Waals surface area contributed by atoms with Gasteiger partial charge in [0.05, 0.1) is 68.2 Å². The lowest BCUT2D eigenvalue weighted by Gasteiger charge is -2.22. The quantitative estimate of drug-likeness (QED) is 0.0557. The number of aromatic nitrogens is 6. The fraction of sp³-hybridized carbons (Fsp3) is 0.421. The van der Waals surface area contributed by atoms with Crippen molar-refractivity contribution in [1.82, 2.24) is 28.2 Å². The van der Waals surface area contributed by atoms with Crippen molar-refractivity contribution >= 4 is 57.5 Å². The van der Waals surface area contributed by atoms with Gasteiger partial charge in [0.15, 0.2) is 0 Å². The summed E-state index contributed by atoms with van der Waals surface area (Å²) >= 11 is 0. The van der Waals surface area contributed by atoms with Crippen molar-refractivity contribution < 1.29 is 18.1 Å². The average molecular weight is 933 g/mol. The van der Waals surface area contributed by atoms with Crippen LogP contribution in [-0.4, -0.2) is 28.2 Å². The van der Waals surface area contributed by atoms with E-state index in [-0.39, 0.29) is 0 Å². The first-order chi connectivity index (χ1) is 33.4. The maximum Gasteiger partial charge on any atom is 0.650 e. The smallest absolute Gasteiger partial charge is 0.369 e. The molecule has 0 aliphatic rings. The van der Waals surface area contributed by atoms with Crippen molar-refractivity contribution in [3.63, 3.8) is 0 Å². The first-order valence-electron chi connectivity index (χ1n) is 25.8. The van der Waals surface area contributed by atoms with E-state index in [1.807, 2.05) is 73.2 Å². The van der Waals surface area contributed by atoms with Crippen LogP contribution in [0.5, 0.6) is 17.6 Å². The minimum absolute atomic E-state index is 0.490. The lowest BCUT2D eigenvalue weighted by Crippen LogP contribution is -2.13. The third-order valence-corrected chi connectivity index (χ3v) is 14.9. The summed E-state index contributed by atoms with van der Waals surface area (Å²) in [5.41, 5.74) is 14.5. The van der Waals surface area contributed by atoms with Gasteiger partial charge in [-0.15, -0.1) is 0 Å². The first kappa shape index (κ1) is 47.2. The van der Waals surface area contributed by atoms with E-state index in [9.17, 15) is 0 Å². The Kier molecular flexibility index (Phi) is 14.7. The monoisotopic (exact) mass is 933 g/mol. The van der Waals surface area contributed by atoms with Crippen LogP contribution in [0.25, 0.3) is 49.7 Å². The van der Waals surface area contributed by atoms with Crippen LogP contribution in [0.15, 0.2) is 91.4 Å². The van der Waals surface area contributed by atoms with E-state index in [1.54, 1.807) is 0 Å². The van der Waals surface area contributed by atoms with Crippen LogP contribution in [0.4, 0.5) is 0 Å². The van der Waals surface area contributed by atoms with Gasteiger partial charge in [0, 0.05) is 16.7 Å². The lowest BCUT2D eigenvalue weighted by atomic mass is 10.0.